The van der Waals surface area contributed by atoms with Gasteiger partial charge in [-0.25, -0.2) is 4.98 Å². The molecule has 2 aromatic carbocycles. The highest BCUT2D eigenvalue weighted by Gasteiger charge is 2.22. The molecule has 170 valence electrons. The normalized spacial score (nSPS) is 13.5. The first kappa shape index (κ1) is 22.3. The predicted molar refractivity (Wildman–Crippen MR) is 125 cm³/mol. The van der Waals surface area contributed by atoms with Crippen LogP contribution in [-0.4, -0.2) is 61.1 Å². The van der Waals surface area contributed by atoms with Gasteiger partial charge >= 0.3 is 0 Å². The van der Waals surface area contributed by atoms with Crippen LogP contribution in [0, 0.1) is 0 Å². The lowest BCUT2D eigenvalue weighted by molar-refractivity contribution is -0.137. The monoisotopic (exact) mass is 446 g/mol. The first-order valence-corrected chi connectivity index (χ1v) is 10.8. The Morgan fingerprint density at radius 3 is 2.21 bits per heavy atom. The summed E-state index contributed by atoms with van der Waals surface area (Å²) in [5.41, 5.74) is 0.626. The smallest absolute Gasteiger partial charge is 0.250 e. The summed E-state index contributed by atoms with van der Waals surface area (Å²) in [6, 6.07) is 22.3. The van der Waals surface area contributed by atoms with Crippen molar-refractivity contribution in [1.82, 2.24) is 9.88 Å². The van der Waals surface area contributed by atoms with Gasteiger partial charge in [0.25, 0.3) is 0 Å². The number of carbonyl (C=O) groups excluding carboxylic acids is 2. The van der Waals surface area contributed by atoms with Crippen LogP contribution in [-0.2, 0) is 14.3 Å². The molecule has 0 aliphatic carbocycles. The lowest BCUT2D eigenvalue weighted by Crippen LogP contribution is -2.50. The van der Waals surface area contributed by atoms with Gasteiger partial charge in [-0.15, -0.1) is 0 Å². The molecule has 0 bridgehead atoms. The van der Waals surface area contributed by atoms with Gasteiger partial charge in [0.1, 0.15) is 30.5 Å². The number of carbonyl (C=O) groups is 2. The van der Waals surface area contributed by atoms with Crippen molar-refractivity contribution in [2.24, 2.45) is 0 Å². The highest BCUT2D eigenvalue weighted by molar-refractivity contribution is 5.92. The first-order chi connectivity index (χ1) is 16.2. The van der Waals surface area contributed by atoms with Crippen molar-refractivity contribution in [3.63, 3.8) is 0 Å². The van der Waals surface area contributed by atoms with Crippen molar-refractivity contribution in [2.75, 3.05) is 49.6 Å². The number of piperazine rings is 1. The van der Waals surface area contributed by atoms with E-state index < -0.39 is 0 Å². The Morgan fingerprint density at radius 1 is 0.818 bits per heavy atom. The van der Waals surface area contributed by atoms with E-state index >= 15 is 0 Å². The molecular weight excluding hydrogens is 420 g/mol. The van der Waals surface area contributed by atoms with Crippen LogP contribution >= 0.6 is 0 Å². The number of nitrogens with one attached hydrogen (secondary N) is 1. The lowest BCUT2D eigenvalue weighted by Gasteiger charge is -2.35. The lowest BCUT2D eigenvalue weighted by atomic mass is 10.3. The Balaban J connectivity index is 1.15. The van der Waals surface area contributed by atoms with E-state index in [-0.39, 0.29) is 25.0 Å². The van der Waals surface area contributed by atoms with E-state index in [4.69, 9.17) is 9.47 Å². The molecule has 2 heterocycles. The van der Waals surface area contributed by atoms with Gasteiger partial charge in [-0.1, -0.05) is 24.3 Å². The largest absolute Gasteiger partial charge is 0.457 e. The van der Waals surface area contributed by atoms with Crippen LogP contribution in [0.15, 0.2) is 79.0 Å². The third-order valence-electron chi connectivity index (χ3n) is 5.18. The summed E-state index contributed by atoms with van der Waals surface area (Å²) in [6.07, 6.45) is 1.76. The minimum absolute atomic E-state index is 0.120. The van der Waals surface area contributed by atoms with E-state index in [1.807, 2.05) is 48.5 Å². The van der Waals surface area contributed by atoms with E-state index in [1.165, 1.54) is 0 Å². The van der Waals surface area contributed by atoms with E-state index in [9.17, 15) is 9.59 Å². The molecule has 1 aliphatic heterocycles. The molecule has 0 saturated carbocycles. The molecule has 8 heteroatoms. The predicted octanol–water partition coefficient (Wildman–Crippen LogP) is 3.18. The molecule has 4 rings (SSSR count). The number of nitrogens with zero attached hydrogens (tertiary/aromatic N) is 3. The molecule has 8 nitrogen and oxygen atoms in total. The molecule has 0 unspecified atom stereocenters. The van der Waals surface area contributed by atoms with Gasteiger partial charge in [0.2, 0.25) is 11.8 Å². The zero-order valence-corrected chi connectivity index (χ0v) is 18.2. The molecular formula is C25H26N4O4. The summed E-state index contributed by atoms with van der Waals surface area (Å²) >= 11 is 0. The molecule has 1 aliphatic rings. The van der Waals surface area contributed by atoms with Crippen LogP contribution in [0.3, 0.4) is 0 Å². The summed E-state index contributed by atoms with van der Waals surface area (Å²) in [6.45, 7) is 2.31. The van der Waals surface area contributed by atoms with Crippen molar-refractivity contribution < 1.29 is 19.1 Å². The molecule has 1 fully saturated rings. The number of anilines is 2. The van der Waals surface area contributed by atoms with E-state index in [0.29, 0.717) is 37.6 Å². The maximum absolute atomic E-state index is 12.4. The highest BCUT2D eigenvalue weighted by Crippen LogP contribution is 2.22. The standard InChI is InChI=1S/C25H26N4O4/c30-24(27-20-9-11-22(12-10-20)33-21-6-2-1-3-7-21)18-32-19-25(31)29-16-14-28(15-17-29)23-8-4-5-13-26-23/h1-13H,14-19H2,(H,27,30). The number of amides is 2. The second-order valence-electron chi connectivity index (χ2n) is 7.54. The Bertz CT molecular complexity index is 1040. The average molecular weight is 447 g/mol. The third-order valence-corrected chi connectivity index (χ3v) is 5.18. The Morgan fingerprint density at radius 2 is 1.52 bits per heavy atom. The van der Waals surface area contributed by atoms with E-state index in [1.54, 1.807) is 35.4 Å². The van der Waals surface area contributed by atoms with E-state index in [2.05, 4.69) is 15.2 Å². The van der Waals surface area contributed by atoms with Crippen molar-refractivity contribution in [2.45, 2.75) is 0 Å². The van der Waals surface area contributed by atoms with Gasteiger partial charge in [0, 0.05) is 38.1 Å². The molecule has 2 amide bonds. The van der Waals surface area contributed by atoms with Crippen molar-refractivity contribution in [1.29, 1.82) is 0 Å². The molecule has 1 aromatic heterocycles. The Kier molecular flexibility index (Phi) is 7.50. The number of pyridine rings is 1. The molecule has 3 aromatic rings. The van der Waals surface area contributed by atoms with Gasteiger partial charge in [0.15, 0.2) is 0 Å². The SMILES string of the molecule is O=C(COCC(=O)N1CCN(c2ccccn2)CC1)Nc1ccc(Oc2ccccc2)cc1. The number of rotatable bonds is 8. The molecule has 0 spiro atoms. The molecule has 1 N–H and O–H groups in total. The zero-order valence-electron chi connectivity index (χ0n) is 18.2. The number of para-hydroxylation sites is 1. The number of hydrogen-bond donors (Lipinski definition) is 1. The third kappa shape index (κ3) is 6.54. The topological polar surface area (TPSA) is 84.0 Å². The van der Waals surface area contributed by atoms with Gasteiger partial charge in [-0.2, -0.15) is 0 Å². The second kappa shape index (κ2) is 11.1. The first-order valence-electron chi connectivity index (χ1n) is 10.8. The maximum Gasteiger partial charge on any atom is 0.250 e. The average Bonchev–Trinajstić information content (AvgIpc) is 2.86. The minimum atomic E-state index is -0.320. The van der Waals surface area contributed by atoms with Crippen molar-refractivity contribution >= 4 is 23.3 Å². The van der Waals surface area contributed by atoms with Crippen LogP contribution in [0.2, 0.25) is 0 Å². The number of hydrogen-bond acceptors (Lipinski definition) is 6. The van der Waals surface area contributed by atoms with Crippen LogP contribution in [0.5, 0.6) is 11.5 Å². The van der Waals surface area contributed by atoms with Crippen LogP contribution in [0.4, 0.5) is 11.5 Å². The summed E-state index contributed by atoms with van der Waals surface area (Å²) in [5, 5.41) is 2.75. The fourth-order valence-corrected chi connectivity index (χ4v) is 3.48. The van der Waals surface area contributed by atoms with Crippen LogP contribution in [0.25, 0.3) is 0 Å². The summed E-state index contributed by atoms with van der Waals surface area (Å²) in [7, 11) is 0. The molecule has 0 atom stereocenters. The van der Waals surface area contributed by atoms with Crippen molar-refractivity contribution in [3.8, 4) is 11.5 Å². The van der Waals surface area contributed by atoms with Crippen LogP contribution in [0.1, 0.15) is 0 Å². The Hall–Kier alpha value is -3.91. The summed E-state index contributed by atoms with van der Waals surface area (Å²) < 4.78 is 11.1. The molecule has 33 heavy (non-hydrogen) atoms. The summed E-state index contributed by atoms with van der Waals surface area (Å²) in [4.78, 5) is 32.8. The van der Waals surface area contributed by atoms with Crippen LogP contribution < -0.4 is 15.0 Å². The highest BCUT2D eigenvalue weighted by atomic mass is 16.5. The number of aromatic nitrogens is 1. The van der Waals surface area contributed by atoms with Gasteiger partial charge in [-0.3, -0.25) is 9.59 Å². The molecule has 1 saturated heterocycles. The minimum Gasteiger partial charge on any atom is -0.457 e. The number of ether oxygens (including phenoxy) is 2. The van der Waals surface area contributed by atoms with Gasteiger partial charge < -0.3 is 24.6 Å². The second-order valence-corrected chi connectivity index (χ2v) is 7.54. The molecule has 0 radical (unpaired) electrons. The van der Waals surface area contributed by atoms with E-state index in [0.717, 1.165) is 11.6 Å². The fourth-order valence-electron chi connectivity index (χ4n) is 3.48. The van der Waals surface area contributed by atoms with Crippen molar-refractivity contribution in [3.05, 3.63) is 79.0 Å². The summed E-state index contributed by atoms with van der Waals surface area (Å²) in [5.74, 6) is 1.89. The Labute approximate surface area is 192 Å². The fraction of sp³-hybridized carbons (Fsp3) is 0.240. The van der Waals surface area contributed by atoms with Gasteiger partial charge in [-0.05, 0) is 48.5 Å². The maximum atomic E-state index is 12.4. The number of benzene rings is 2. The van der Waals surface area contributed by atoms with Gasteiger partial charge in [0.05, 0.1) is 0 Å². The quantitative estimate of drug-likeness (QED) is 0.572. The zero-order chi connectivity index (χ0) is 22.9.